The van der Waals surface area contributed by atoms with Crippen molar-refractivity contribution in [2.45, 2.75) is 12.5 Å². The van der Waals surface area contributed by atoms with Crippen LogP contribution >= 0.6 is 22.9 Å². The minimum atomic E-state index is 0.585. The summed E-state index contributed by atoms with van der Waals surface area (Å²) >= 11 is 7.41. The lowest BCUT2D eigenvalue weighted by Crippen LogP contribution is -2.33. The second kappa shape index (κ2) is 4.04. The zero-order valence-electron chi connectivity index (χ0n) is 8.40. The standard InChI is InChI=1S/C9H14ClN3S/c1-12-4-3-7(5-12)13(2)9-11-8(10)6-14-9/h6-7H,3-5H2,1-2H3. The van der Waals surface area contributed by atoms with Crippen LogP contribution in [0.25, 0.3) is 0 Å². The van der Waals surface area contributed by atoms with Crippen molar-refractivity contribution in [3.63, 3.8) is 0 Å². The van der Waals surface area contributed by atoms with Crippen LogP contribution in [0.3, 0.4) is 0 Å². The Morgan fingerprint density at radius 3 is 3.00 bits per heavy atom. The number of anilines is 1. The Balaban J connectivity index is 2.05. The summed E-state index contributed by atoms with van der Waals surface area (Å²) in [5.41, 5.74) is 0. The predicted octanol–water partition coefficient (Wildman–Crippen LogP) is 1.94. The zero-order chi connectivity index (χ0) is 10.1. The van der Waals surface area contributed by atoms with Crippen LogP contribution in [0.5, 0.6) is 0 Å². The van der Waals surface area contributed by atoms with Crippen molar-refractivity contribution < 1.29 is 0 Å². The van der Waals surface area contributed by atoms with Crippen molar-refractivity contribution in [2.24, 2.45) is 0 Å². The van der Waals surface area contributed by atoms with E-state index in [9.17, 15) is 0 Å². The van der Waals surface area contributed by atoms with Gasteiger partial charge in [0.15, 0.2) is 5.13 Å². The Morgan fingerprint density at radius 2 is 2.50 bits per heavy atom. The number of rotatable bonds is 2. The third kappa shape index (κ3) is 2.02. The average Bonchev–Trinajstić information content (AvgIpc) is 2.73. The Morgan fingerprint density at radius 1 is 1.71 bits per heavy atom. The van der Waals surface area contributed by atoms with Gasteiger partial charge in [0.05, 0.1) is 0 Å². The Kier molecular flexibility index (Phi) is 2.95. The minimum Gasteiger partial charge on any atom is -0.347 e. The number of nitrogens with zero attached hydrogens (tertiary/aromatic N) is 3. The van der Waals surface area contributed by atoms with Gasteiger partial charge < -0.3 is 9.80 Å². The lowest BCUT2D eigenvalue weighted by Gasteiger charge is -2.23. The Bertz CT molecular complexity index is 315. The summed E-state index contributed by atoms with van der Waals surface area (Å²) in [6, 6.07) is 0.585. The maximum Gasteiger partial charge on any atom is 0.186 e. The highest BCUT2D eigenvalue weighted by Crippen LogP contribution is 2.26. The molecule has 1 fully saturated rings. The van der Waals surface area contributed by atoms with E-state index in [1.807, 2.05) is 5.38 Å². The van der Waals surface area contributed by atoms with Crippen LogP contribution in [0.1, 0.15) is 6.42 Å². The molecule has 0 radical (unpaired) electrons. The minimum absolute atomic E-state index is 0.585. The normalized spacial score (nSPS) is 22.9. The largest absolute Gasteiger partial charge is 0.347 e. The molecule has 1 aromatic rings. The molecule has 1 unspecified atom stereocenters. The van der Waals surface area contributed by atoms with Gasteiger partial charge in [-0.2, -0.15) is 0 Å². The van der Waals surface area contributed by atoms with Gasteiger partial charge in [0.1, 0.15) is 5.15 Å². The topological polar surface area (TPSA) is 19.4 Å². The molecular formula is C9H14ClN3S. The molecule has 0 bridgehead atoms. The molecule has 14 heavy (non-hydrogen) atoms. The molecule has 0 spiro atoms. The van der Waals surface area contributed by atoms with Gasteiger partial charge in [-0.25, -0.2) is 4.98 Å². The smallest absolute Gasteiger partial charge is 0.186 e. The van der Waals surface area contributed by atoms with E-state index in [0.717, 1.165) is 11.7 Å². The van der Waals surface area contributed by atoms with Gasteiger partial charge in [0.25, 0.3) is 0 Å². The van der Waals surface area contributed by atoms with Gasteiger partial charge in [-0.3, -0.25) is 0 Å². The number of hydrogen-bond donors (Lipinski definition) is 0. The summed E-state index contributed by atoms with van der Waals surface area (Å²) in [6.45, 7) is 2.29. The summed E-state index contributed by atoms with van der Waals surface area (Å²) in [5.74, 6) is 0. The SMILES string of the molecule is CN1CCC(N(C)c2nc(Cl)cs2)C1. The van der Waals surface area contributed by atoms with Gasteiger partial charge >= 0.3 is 0 Å². The highest BCUT2D eigenvalue weighted by Gasteiger charge is 2.24. The van der Waals surface area contributed by atoms with Gasteiger partial charge in [0.2, 0.25) is 0 Å². The molecule has 0 amide bonds. The van der Waals surface area contributed by atoms with E-state index < -0.39 is 0 Å². The first-order valence-electron chi connectivity index (χ1n) is 4.69. The molecule has 1 atom stereocenters. The van der Waals surface area contributed by atoms with Crippen LogP contribution in [0.2, 0.25) is 5.15 Å². The van der Waals surface area contributed by atoms with Crippen molar-refractivity contribution >= 4 is 28.1 Å². The first-order chi connectivity index (χ1) is 6.66. The summed E-state index contributed by atoms with van der Waals surface area (Å²) in [6.07, 6.45) is 1.21. The lowest BCUT2D eigenvalue weighted by molar-refractivity contribution is 0.409. The number of halogens is 1. The fourth-order valence-electron chi connectivity index (χ4n) is 1.79. The van der Waals surface area contributed by atoms with E-state index in [-0.39, 0.29) is 0 Å². The van der Waals surface area contributed by atoms with Crippen molar-refractivity contribution in [1.82, 2.24) is 9.88 Å². The highest BCUT2D eigenvalue weighted by molar-refractivity contribution is 7.14. The van der Waals surface area contributed by atoms with Gasteiger partial charge in [-0.1, -0.05) is 11.6 Å². The first-order valence-corrected chi connectivity index (χ1v) is 5.95. The fraction of sp³-hybridized carbons (Fsp3) is 0.667. The number of aromatic nitrogens is 1. The van der Waals surface area contributed by atoms with E-state index in [4.69, 9.17) is 11.6 Å². The third-order valence-corrected chi connectivity index (χ3v) is 3.93. The van der Waals surface area contributed by atoms with E-state index in [1.165, 1.54) is 13.0 Å². The molecule has 0 N–H and O–H groups in total. The summed E-state index contributed by atoms with van der Waals surface area (Å²) in [7, 11) is 4.25. The Labute approximate surface area is 93.3 Å². The number of hydrogen-bond acceptors (Lipinski definition) is 4. The molecule has 1 aromatic heterocycles. The maximum absolute atomic E-state index is 5.80. The molecule has 78 valence electrons. The molecule has 0 aliphatic carbocycles. The average molecular weight is 232 g/mol. The predicted molar refractivity (Wildman–Crippen MR) is 61.4 cm³/mol. The van der Waals surface area contributed by atoms with Gasteiger partial charge in [-0.15, -0.1) is 11.3 Å². The monoisotopic (exact) mass is 231 g/mol. The lowest BCUT2D eigenvalue weighted by atomic mass is 10.2. The van der Waals surface area contributed by atoms with Crippen LogP contribution in [-0.4, -0.2) is 43.1 Å². The van der Waals surface area contributed by atoms with Crippen molar-refractivity contribution in [1.29, 1.82) is 0 Å². The molecule has 5 heteroatoms. The molecule has 0 saturated carbocycles. The summed E-state index contributed by atoms with van der Waals surface area (Å²) in [5, 5.41) is 3.50. The van der Waals surface area contributed by atoms with Crippen LogP contribution in [0, 0.1) is 0 Å². The summed E-state index contributed by atoms with van der Waals surface area (Å²) < 4.78 is 0. The molecule has 1 aliphatic heterocycles. The van der Waals surface area contributed by atoms with E-state index >= 15 is 0 Å². The highest BCUT2D eigenvalue weighted by atomic mass is 35.5. The molecule has 2 heterocycles. The number of likely N-dealkylation sites (N-methyl/N-ethyl adjacent to an activating group) is 2. The Hall–Kier alpha value is -0.320. The second-order valence-corrected chi connectivity index (χ2v) is 4.99. The van der Waals surface area contributed by atoms with Crippen LogP contribution in [0.4, 0.5) is 5.13 Å². The van der Waals surface area contributed by atoms with Gasteiger partial charge in [0, 0.05) is 25.0 Å². The third-order valence-electron chi connectivity index (χ3n) is 2.68. The molecule has 3 nitrogen and oxygen atoms in total. The van der Waals surface area contributed by atoms with Crippen molar-refractivity contribution in [2.75, 3.05) is 32.1 Å². The van der Waals surface area contributed by atoms with Crippen molar-refractivity contribution in [3.8, 4) is 0 Å². The van der Waals surface area contributed by atoms with Gasteiger partial charge in [-0.05, 0) is 20.0 Å². The number of thiazole rings is 1. The van der Waals surface area contributed by atoms with Crippen LogP contribution in [-0.2, 0) is 0 Å². The number of likely N-dealkylation sites (tertiary alicyclic amines) is 1. The molecule has 2 rings (SSSR count). The molecular weight excluding hydrogens is 218 g/mol. The molecule has 0 aromatic carbocycles. The van der Waals surface area contributed by atoms with Crippen molar-refractivity contribution in [3.05, 3.63) is 10.5 Å². The molecule has 1 saturated heterocycles. The van der Waals surface area contributed by atoms with Crippen LogP contribution in [0.15, 0.2) is 5.38 Å². The van der Waals surface area contributed by atoms with E-state index in [1.54, 1.807) is 11.3 Å². The zero-order valence-corrected chi connectivity index (χ0v) is 9.98. The summed E-state index contributed by atoms with van der Waals surface area (Å²) in [4.78, 5) is 8.85. The first kappa shape index (κ1) is 10.2. The quantitative estimate of drug-likeness (QED) is 0.776. The molecule has 1 aliphatic rings. The fourth-order valence-corrected chi connectivity index (χ4v) is 2.78. The van der Waals surface area contributed by atoms with E-state index in [0.29, 0.717) is 11.2 Å². The maximum atomic E-state index is 5.80. The van der Waals surface area contributed by atoms with Crippen LogP contribution < -0.4 is 4.90 Å². The van der Waals surface area contributed by atoms with E-state index in [2.05, 4.69) is 28.9 Å². The second-order valence-electron chi connectivity index (χ2n) is 3.77.